The van der Waals surface area contributed by atoms with Crippen molar-refractivity contribution in [3.63, 3.8) is 0 Å². The summed E-state index contributed by atoms with van der Waals surface area (Å²) in [5.41, 5.74) is 0. The first-order valence-electron chi connectivity index (χ1n) is 8.13. The highest BCUT2D eigenvalue weighted by Crippen LogP contribution is 2.17. The molecule has 0 radical (unpaired) electrons. The van der Waals surface area contributed by atoms with E-state index in [9.17, 15) is 13.2 Å². The van der Waals surface area contributed by atoms with Crippen LogP contribution in [-0.2, 0) is 4.74 Å². The second kappa shape index (κ2) is 9.97. The van der Waals surface area contributed by atoms with Gasteiger partial charge in [0.15, 0.2) is 5.96 Å². The molecule has 0 saturated carbocycles. The van der Waals surface area contributed by atoms with Crippen molar-refractivity contribution in [2.75, 3.05) is 60.0 Å². The van der Waals surface area contributed by atoms with Crippen LogP contribution in [-0.4, -0.2) is 82.0 Å². The number of hydrogen-bond donors (Lipinski definition) is 1. The number of methoxy groups -OCH3 is 1. The van der Waals surface area contributed by atoms with Gasteiger partial charge in [-0.15, -0.1) is 0 Å². The summed E-state index contributed by atoms with van der Waals surface area (Å²) < 4.78 is 41.9. The van der Waals surface area contributed by atoms with Crippen LogP contribution in [0.15, 0.2) is 4.99 Å². The van der Waals surface area contributed by atoms with Crippen molar-refractivity contribution in [3.8, 4) is 0 Å². The molecular formula is C15H29F3N4O. The van der Waals surface area contributed by atoms with Crippen LogP contribution in [0.4, 0.5) is 13.2 Å². The van der Waals surface area contributed by atoms with Crippen LogP contribution < -0.4 is 5.32 Å². The first-order valence-corrected chi connectivity index (χ1v) is 8.13. The van der Waals surface area contributed by atoms with Crippen LogP contribution >= 0.6 is 0 Å². The minimum Gasteiger partial charge on any atom is -0.384 e. The van der Waals surface area contributed by atoms with Crippen molar-refractivity contribution in [1.82, 2.24) is 15.1 Å². The van der Waals surface area contributed by atoms with Gasteiger partial charge in [0.2, 0.25) is 0 Å². The lowest BCUT2D eigenvalue weighted by Gasteiger charge is -2.22. The highest BCUT2D eigenvalue weighted by Gasteiger charge is 2.29. The van der Waals surface area contributed by atoms with Gasteiger partial charge in [0, 0.05) is 39.2 Å². The summed E-state index contributed by atoms with van der Waals surface area (Å²) in [6.07, 6.45) is -2.46. The molecule has 0 bridgehead atoms. The normalized spacial score (nSPS) is 19.7. The maximum Gasteiger partial charge on any atom is 0.401 e. The molecular weight excluding hydrogens is 309 g/mol. The summed E-state index contributed by atoms with van der Waals surface area (Å²) in [7, 11) is 3.19. The molecule has 1 rings (SSSR count). The highest BCUT2D eigenvalue weighted by molar-refractivity contribution is 5.80. The number of guanidine groups is 1. The zero-order valence-corrected chi connectivity index (χ0v) is 14.3. The van der Waals surface area contributed by atoms with E-state index in [2.05, 4.69) is 15.2 Å². The van der Waals surface area contributed by atoms with Crippen LogP contribution in [0.5, 0.6) is 0 Å². The average Bonchev–Trinajstić information content (AvgIpc) is 2.89. The molecule has 0 aromatic rings. The molecule has 0 aromatic carbocycles. The third-order valence-electron chi connectivity index (χ3n) is 3.73. The van der Waals surface area contributed by atoms with Crippen LogP contribution in [0.1, 0.15) is 19.8 Å². The van der Waals surface area contributed by atoms with Crippen molar-refractivity contribution < 1.29 is 17.9 Å². The van der Waals surface area contributed by atoms with Gasteiger partial charge >= 0.3 is 6.18 Å². The molecule has 1 N–H and O–H groups in total. The molecule has 0 amide bonds. The topological polar surface area (TPSA) is 40.1 Å². The van der Waals surface area contributed by atoms with Crippen molar-refractivity contribution in [2.45, 2.75) is 25.9 Å². The summed E-state index contributed by atoms with van der Waals surface area (Å²) >= 11 is 0. The Morgan fingerprint density at radius 1 is 1.43 bits per heavy atom. The van der Waals surface area contributed by atoms with Gasteiger partial charge in [-0.25, -0.2) is 0 Å². The Balaban J connectivity index is 2.38. The van der Waals surface area contributed by atoms with E-state index in [0.717, 1.165) is 38.6 Å². The molecule has 0 aliphatic carbocycles. The van der Waals surface area contributed by atoms with E-state index in [-0.39, 0.29) is 0 Å². The maximum atomic E-state index is 12.3. The third-order valence-corrected chi connectivity index (χ3v) is 3.73. The van der Waals surface area contributed by atoms with Crippen LogP contribution in [0.2, 0.25) is 0 Å². The van der Waals surface area contributed by atoms with Crippen molar-refractivity contribution >= 4 is 5.96 Å². The molecule has 1 heterocycles. The summed E-state index contributed by atoms with van der Waals surface area (Å²) in [5.74, 6) is 1.37. The quantitative estimate of drug-likeness (QED) is 0.416. The van der Waals surface area contributed by atoms with Gasteiger partial charge in [-0.1, -0.05) is 0 Å². The second-order valence-electron chi connectivity index (χ2n) is 6.00. The van der Waals surface area contributed by atoms with E-state index in [1.165, 1.54) is 11.9 Å². The van der Waals surface area contributed by atoms with Gasteiger partial charge in [0.05, 0.1) is 13.2 Å². The lowest BCUT2D eigenvalue weighted by Crippen LogP contribution is -2.40. The Morgan fingerprint density at radius 3 is 2.78 bits per heavy atom. The van der Waals surface area contributed by atoms with Gasteiger partial charge in [0.25, 0.3) is 0 Å². The molecule has 1 fully saturated rings. The number of likely N-dealkylation sites (tertiary alicyclic amines) is 1. The lowest BCUT2D eigenvalue weighted by atomic mass is 10.1. The number of alkyl halides is 3. The van der Waals surface area contributed by atoms with Crippen LogP contribution in [0, 0.1) is 5.92 Å². The third kappa shape index (κ3) is 8.41. The lowest BCUT2D eigenvalue weighted by molar-refractivity contribution is -0.143. The number of nitrogens with zero attached hydrogens (tertiary/aromatic N) is 3. The number of nitrogens with one attached hydrogen (secondary N) is 1. The van der Waals surface area contributed by atoms with Gasteiger partial charge < -0.3 is 15.0 Å². The summed E-state index contributed by atoms with van der Waals surface area (Å²) in [5, 5.41) is 3.26. The van der Waals surface area contributed by atoms with E-state index in [4.69, 9.17) is 4.74 Å². The number of ether oxygens (including phenoxy) is 1. The van der Waals surface area contributed by atoms with E-state index in [0.29, 0.717) is 25.4 Å². The minimum atomic E-state index is -4.14. The summed E-state index contributed by atoms with van der Waals surface area (Å²) in [4.78, 5) is 8.03. The van der Waals surface area contributed by atoms with E-state index in [1.54, 1.807) is 7.11 Å². The van der Waals surface area contributed by atoms with Crippen molar-refractivity contribution in [1.29, 1.82) is 0 Å². The Hall–Kier alpha value is -1.02. The number of hydrogen-bond acceptors (Lipinski definition) is 3. The molecule has 23 heavy (non-hydrogen) atoms. The minimum absolute atomic E-state index is 0.384. The Bertz CT molecular complexity index is 363. The largest absolute Gasteiger partial charge is 0.401 e. The second-order valence-corrected chi connectivity index (χ2v) is 6.00. The number of aliphatic imine (C=N–C) groups is 1. The molecule has 136 valence electrons. The van der Waals surface area contributed by atoms with Crippen LogP contribution in [0.25, 0.3) is 0 Å². The van der Waals surface area contributed by atoms with Gasteiger partial charge in [-0.3, -0.25) is 9.89 Å². The Morgan fingerprint density at radius 2 is 2.17 bits per heavy atom. The number of rotatable bonds is 8. The van der Waals surface area contributed by atoms with Crippen LogP contribution in [0.3, 0.4) is 0 Å². The first kappa shape index (κ1) is 20.0. The molecule has 1 aliphatic heterocycles. The zero-order chi connectivity index (χ0) is 17.3. The summed E-state index contributed by atoms with van der Waals surface area (Å²) in [6.45, 7) is 5.42. The Kier molecular flexibility index (Phi) is 8.68. The molecule has 1 saturated heterocycles. The Labute approximate surface area is 136 Å². The molecule has 8 heteroatoms. The molecule has 0 aromatic heterocycles. The molecule has 1 unspecified atom stereocenters. The van der Waals surface area contributed by atoms with Gasteiger partial charge in [-0.2, -0.15) is 13.2 Å². The average molecular weight is 338 g/mol. The van der Waals surface area contributed by atoms with Crippen molar-refractivity contribution in [3.05, 3.63) is 0 Å². The highest BCUT2D eigenvalue weighted by atomic mass is 19.4. The SMILES string of the molecule is CCNC(=NCCCN(C)CC(F)(F)F)N1CCC(COC)C1. The van der Waals surface area contributed by atoms with Gasteiger partial charge in [-0.05, 0) is 33.4 Å². The standard InChI is InChI=1S/C15H29F3N4O/c1-4-19-14(22-9-6-13(10-22)11-23-3)20-7-5-8-21(2)12-15(16,17)18/h13H,4-12H2,1-3H3,(H,19,20). The predicted octanol–water partition coefficient (Wildman–Crippen LogP) is 1.80. The number of halogens is 3. The van der Waals surface area contributed by atoms with E-state index in [1.807, 2.05) is 6.92 Å². The molecule has 5 nitrogen and oxygen atoms in total. The fourth-order valence-corrected chi connectivity index (χ4v) is 2.73. The van der Waals surface area contributed by atoms with Crippen molar-refractivity contribution in [2.24, 2.45) is 10.9 Å². The maximum absolute atomic E-state index is 12.3. The van der Waals surface area contributed by atoms with E-state index < -0.39 is 12.7 Å². The monoisotopic (exact) mass is 338 g/mol. The fourth-order valence-electron chi connectivity index (χ4n) is 2.73. The predicted molar refractivity (Wildman–Crippen MR) is 85.7 cm³/mol. The smallest absolute Gasteiger partial charge is 0.384 e. The molecule has 1 atom stereocenters. The summed E-state index contributed by atoms with van der Waals surface area (Å²) in [6, 6.07) is 0. The zero-order valence-electron chi connectivity index (χ0n) is 14.3. The first-order chi connectivity index (χ1) is 10.9. The fraction of sp³-hybridized carbons (Fsp3) is 0.933. The molecule has 0 spiro atoms. The molecule has 1 aliphatic rings. The van der Waals surface area contributed by atoms with Gasteiger partial charge in [0.1, 0.15) is 0 Å². The van der Waals surface area contributed by atoms with E-state index >= 15 is 0 Å².